The minimum atomic E-state index is -1.39. The zero-order valence-corrected chi connectivity index (χ0v) is 14.2. The third-order valence-electron chi connectivity index (χ3n) is 4.70. The Hall–Kier alpha value is -3.22. The maximum absolute atomic E-state index is 14.6. The lowest BCUT2D eigenvalue weighted by molar-refractivity contribution is 0.0695. The molecule has 27 heavy (non-hydrogen) atoms. The van der Waals surface area contributed by atoms with Gasteiger partial charge < -0.3 is 15.0 Å². The van der Waals surface area contributed by atoms with E-state index in [0.29, 0.717) is 0 Å². The maximum atomic E-state index is 14.6. The molecule has 4 rings (SSSR count). The van der Waals surface area contributed by atoms with Crippen molar-refractivity contribution >= 4 is 22.6 Å². The summed E-state index contributed by atoms with van der Waals surface area (Å²) in [4.78, 5) is 24.2. The first-order chi connectivity index (χ1) is 13.0. The van der Waals surface area contributed by atoms with E-state index in [0.717, 1.165) is 24.5 Å². The topological polar surface area (TPSA) is 71.3 Å². The number of aromatic nitrogens is 1. The Morgan fingerprint density at radius 2 is 1.93 bits per heavy atom. The molecule has 0 unspecified atom stereocenters. The first kappa shape index (κ1) is 17.2. The number of hydrogen-bond donors (Lipinski definition) is 2. The van der Waals surface area contributed by atoms with Crippen LogP contribution in [0.2, 0.25) is 0 Å². The normalized spacial score (nSPS) is 13.7. The molecule has 0 atom stereocenters. The van der Waals surface area contributed by atoms with Crippen LogP contribution in [-0.4, -0.2) is 15.6 Å². The van der Waals surface area contributed by atoms with Crippen molar-refractivity contribution in [3.05, 3.63) is 75.6 Å². The molecule has 7 heteroatoms. The van der Waals surface area contributed by atoms with Crippen LogP contribution < -0.4 is 10.7 Å². The van der Waals surface area contributed by atoms with Gasteiger partial charge in [0, 0.05) is 24.8 Å². The average Bonchev–Trinajstić information content (AvgIpc) is 3.48. The van der Waals surface area contributed by atoms with E-state index in [-0.39, 0.29) is 29.2 Å². The Kier molecular flexibility index (Phi) is 4.14. The van der Waals surface area contributed by atoms with Crippen LogP contribution in [0.25, 0.3) is 10.9 Å². The molecule has 0 aliphatic heterocycles. The van der Waals surface area contributed by atoms with Crippen LogP contribution in [0, 0.1) is 11.6 Å². The van der Waals surface area contributed by atoms with Crippen LogP contribution in [-0.2, 0) is 6.54 Å². The summed E-state index contributed by atoms with van der Waals surface area (Å²) in [6, 6.07) is 9.99. The SMILES string of the molecule is O=C(O)c1cn(C2CC2)c2cc(F)c(F)c(NCc3ccccc3)c2c1=O. The molecular weight excluding hydrogens is 354 g/mol. The number of carbonyl (C=O) groups is 1. The van der Waals surface area contributed by atoms with Crippen molar-refractivity contribution in [3.8, 4) is 0 Å². The van der Waals surface area contributed by atoms with Gasteiger partial charge in [-0.3, -0.25) is 4.79 Å². The van der Waals surface area contributed by atoms with E-state index >= 15 is 0 Å². The molecule has 0 spiro atoms. The monoisotopic (exact) mass is 370 g/mol. The Labute approximate surface area is 152 Å². The standard InChI is InChI=1S/C20H16F2N2O3/c21-14-8-15-16(18(17(14)22)23-9-11-4-2-1-3-5-11)19(25)13(20(26)27)10-24(15)12-6-7-12/h1-5,8,10,12,23H,6-7,9H2,(H,26,27). The molecule has 1 heterocycles. The zero-order valence-electron chi connectivity index (χ0n) is 14.2. The second-order valence-corrected chi connectivity index (χ2v) is 6.60. The number of nitrogens with one attached hydrogen (secondary N) is 1. The van der Waals surface area contributed by atoms with Gasteiger partial charge in [-0.25, -0.2) is 13.6 Å². The van der Waals surface area contributed by atoms with Gasteiger partial charge >= 0.3 is 5.97 Å². The Morgan fingerprint density at radius 3 is 2.56 bits per heavy atom. The molecule has 3 aromatic rings. The predicted molar refractivity (Wildman–Crippen MR) is 97.1 cm³/mol. The van der Waals surface area contributed by atoms with Crippen LogP contribution in [0.5, 0.6) is 0 Å². The van der Waals surface area contributed by atoms with Gasteiger partial charge in [-0.2, -0.15) is 0 Å². The molecule has 138 valence electrons. The fraction of sp³-hybridized carbons (Fsp3) is 0.200. The fourth-order valence-electron chi connectivity index (χ4n) is 3.21. The molecule has 1 aliphatic rings. The van der Waals surface area contributed by atoms with E-state index in [2.05, 4.69) is 5.32 Å². The number of benzene rings is 2. The summed E-state index contributed by atoms with van der Waals surface area (Å²) in [6.45, 7) is 0.163. The number of rotatable bonds is 5. The van der Waals surface area contributed by atoms with Gasteiger partial charge in [0.1, 0.15) is 5.56 Å². The lowest BCUT2D eigenvalue weighted by Gasteiger charge is -2.16. The van der Waals surface area contributed by atoms with Crippen molar-refractivity contribution in [1.29, 1.82) is 0 Å². The van der Waals surface area contributed by atoms with E-state index in [4.69, 9.17) is 0 Å². The Balaban J connectivity index is 1.94. The minimum Gasteiger partial charge on any atom is -0.477 e. The number of nitrogens with zero attached hydrogens (tertiary/aromatic N) is 1. The van der Waals surface area contributed by atoms with Crippen molar-refractivity contribution in [2.45, 2.75) is 25.4 Å². The van der Waals surface area contributed by atoms with Crippen LogP contribution in [0.15, 0.2) is 47.4 Å². The van der Waals surface area contributed by atoms with Crippen molar-refractivity contribution in [2.24, 2.45) is 0 Å². The third-order valence-corrected chi connectivity index (χ3v) is 4.70. The number of anilines is 1. The second kappa shape index (κ2) is 6.50. The minimum absolute atomic E-state index is 0.0157. The number of hydrogen-bond acceptors (Lipinski definition) is 3. The highest BCUT2D eigenvalue weighted by Gasteiger charge is 2.29. The average molecular weight is 370 g/mol. The van der Waals surface area contributed by atoms with Gasteiger partial charge in [0.05, 0.1) is 16.6 Å². The summed E-state index contributed by atoms with van der Waals surface area (Å²) in [7, 11) is 0. The van der Waals surface area contributed by atoms with Gasteiger partial charge in [0.15, 0.2) is 11.6 Å². The van der Waals surface area contributed by atoms with Gasteiger partial charge in [0.25, 0.3) is 0 Å². The van der Waals surface area contributed by atoms with Gasteiger partial charge in [-0.15, -0.1) is 0 Å². The summed E-state index contributed by atoms with van der Waals surface area (Å²) in [5, 5.41) is 12.0. The van der Waals surface area contributed by atoms with E-state index in [1.807, 2.05) is 6.07 Å². The highest BCUT2D eigenvalue weighted by atomic mass is 19.2. The number of aromatic carboxylic acids is 1. The summed E-state index contributed by atoms with van der Waals surface area (Å²) in [5.74, 6) is -3.68. The Morgan fingerprint density at radius 1 is 1.22 bits per heavy atom. The number of fused-ring (bicyclic) bond motifs is 1. The molecule has 1 saturated carbocycles. The lowest BCUT2D eigenvalue weighted by Crippen LogP contribution is -2.21. The van der Waals surface area contributed by atoms with E-state index < -0.39 is 28.6 Å². The molecule has 2 N–H and O–H groups in total. The molecule has 0 saturated heterocycles. The second-order valence-electron chi connectivity index (χ2n) is 6.60. The fourth-order valence-corrected chi connectivity index (χ4v) is 3.21. The molecule has 1 fully saturated rings. The van der Waals surface area contributed by atoms with Crippen molar-refractivity contribution in [2.75, 3.05) is 5.32 Å². The molecule has 0 amide bonds. The summed E-state index contributed by atoms with van der Waals surface area (Å²) in [6.07, 6.45) is 2.81. The maximum Gasteiger partial charge on any atom is 0.341 e. The highest BCUT2D eigenvalue weighted by molar-refractivity contribution is 5.98. The molecule has 1 aromatic heterocycles. The molecule has 5 nitrogen and oxygen atoms in total. The van der Waals surface area contributed by atoms with Crippen LogP contribution >= 0.6 is 0 Å². The van der Waals surface area contributed by atoms with Gasteiger partial charge in [-0.1, -0.05) is 30.3 Å². The molecular formula is C20H16F2N2O3. The largest absolute Gasteiger partial charge is 0.477 e. The predicted octanol–water partition coefficient (Wildman–Crippen LogP) is 3.92. The molecule has 1 aliphatic carbocycles. The van der Waals surface area contributed by atoms with Crippen molar-refractivity contribution in [3.63, 3.8) is 0 Å². The zero-order chi connectivity index (χ0) is 19.1. The molecule has 0 bridgehead atoms. The van der Waals surface area contributed by atoms with Gasteiger partial charge in [-0.05, 0) is 18.4 Å². The first-order valence-corrected chi connectivity index (χ1v) is 8.55. The van der Waals surface area contributed by atoms with E-state index in [9.17, 15) is 23.5 Å². The van der Waals surface area contributed by atoms with Crippen LogP contribution in [0.3, 0.4) is 0 Å². The van der Waals surface area contributed by atoms with Crippen LogP contribution in [0.4, 0.5) is 14.5 Å². The lowest BCUT2D eigenvalue weighted by atomic mass is 10.1. The molecule has 0 radical (unpaired) electrons. The number of carboxylic acid groups (broad SMARTS) is 1. The third kappa shape index (κ3) is 3.05. The highest BCUT2D eigenvalue weighted by Crippen LogP contribution is 2.38. The van der Waals surface area contributed by atoms with Crippen LogP contribution in [0.1, 0.15) is 34.8 Å². The Bertz CT molecular complexity index is 1110. The van der Waals surface area contributed by atoms with Crippen molar-refractivity contribution < 1.29 is 18.7 Å². The summed E-state index contributed by atoms with van der Waals surface area (Å²) in [5.41, 5.74) is -0.587. The molecule has 2 aromatic carbocycles. The number of pyridine rings is 1. The summed E-state index contributed by atoms with van der Waals surface area (Å²) >= 11 is 0. The smallest absolute Gasteiger partial charge is 0.341 e. The number of carboxylic acids is 1. The first-order valence-electron chi connectivity index (χ1n) is 8.55. The van der Waals surface area contributed by atoms with Crippen molar-refractivity contribution in [1.82, 2.24) is 4.57 Å². The number of halogens is 2. The van der Waals surface area contributed by atoms with E-state index in [1.54, 1.807) is 28.8 Å². The summed E-state index contributed by atoms with van der Waals surface area (Å²) < 4.78 is 30.4. The van der Waals surface area contributed by atoms with E-state index in [1.165, 1.54) is 6.20 Å². The van der Waals surface area contributed by atoms with Gasteiger partial charge in [0.2, 0.25) is 5.43 Å². The quantitative estimate of drug-likeness (QED) is 0.714.